The van der Waals surface area contributed by atoms with E-state index in [0.29, 0.717) is 22.5 Å². The molecule has 1 aliphatic rings. The van der Waals surface area contributed by atoms with Gasteiger partial charge in [-0.15, -0.1) is 5.10 Å². The lowest BCUT2D eigenvalue weighted by molar-refractivity contribution is 0.416. The van der Waals surface area contributed by atoms with Crippen molar-refractivity contribution in [3.63, 3.8) is 0 Å². The second-order valence-electron chi connectivity index (χ2n) is 4.82. The molecule has 0 saturated carbocycles. The molecule has 3 N–H and O–H groups in total. The highest BCUT2D eigenvalue weighted by Crippen LogP contribution is 2.31. The molecule has 1 fully saturated rings. The van der Waals surface area contributed by atoms with E-state index >= 15 is 0 Å². The van der Waals surface area contributed by atoms with Crippen LogP contribution in [0.3, 0.4) is 0 Å². The molecule has 0 bridgehead atoms. The summed E-state index contributed by atoms with van der Waals surface area (Å²) in [5, 5.41) is 7.82. The van der Waals surface area contributed by atoms with E-state index in [2.05, 4.69) is 20.1 Å². The lowest BCUT2D eigenvalue weighted by Gasteiger charge is -2.11. The van der Waals surface area contributed by atoms with Crippen LogP contribution in [0.2, 0.25) is 5.02 Å². The summed E-state index contributed by atoms with van der Waals surface area (Å²) < 4.78 is 5.33. The van der Waals surface area contributed by atoms with Crippen LogP contribution in [0.4, 0.5) is 5.95 Å². The van der Waals surface area contributed by atoms with Crippen LogP contribution in [0.5, 0.6) is 5.75 Å². The topological polar surface area (TPSA) is 80.1 Å². The molecular formula is C13H16ClN5O. The second-order valence-corrected chi connectivity index (χ2v) is 5.26. The molecule has 2 aromatic rings. The summed E-state index contributed by atoms with van der Waals surface area (Å²) in [7, 11) is 1.60. The van der Waals surface area contributed by atoms with Gasteiger partial charge in [0.05, 0.1) is 12.7 Å². The van der Waals surface area contributed by atoms with Crippen LogP contribution in [-0.2, 0) is 0 Å². The van der Waals surface area contributed by atoms with Gasteiger partial charge in [-0.25, -0.2) is 0 Å². The second kappa shape index (κ2) is 5.30. The van der Waals surface area contributed by atoms with E-state index in [0.717, 1.165) is 25.1 Å². The first-order valence-corrected chi connectivity index (χ1v) is 6.82. The Kier molecular flexibility index (Phi) is 3.50. The first-order chi connectivity index (χ1) is 9.67. The molecule has 106 valence electrons. The van der Waals surface area contributed by atoms with Crippen molar-refractivity contribution in [2.75, 3.05) is 25.1 Å². The fourth-order valence-corrected chi connectivity index (χ4v) is 2.51. The molecule has 1 unspecified atom stereocenters. The van der Waals surface area contributed by atoms with Crippen LogP contribution >= 0.6 is 11.6 Å². The molecule has 2 heterocycles. The monoisotopic (exact) mass is 293 g/mol. The normalized spacial score (nSPS) is 18.6. The number of anilines is 1. The van der Waals surface area contributed by atoms with Gasteiger partial charge in [-0.1, -0.05) is 11.6 Å². The number of halogens is 1. The van der Waals surface area contributed by atoms with Gasteiger partial charge < -0.3 is 15.4 Å². The number of rotatable bonds is 3. The maximum Gasteiger partial charge on any atom is 0.245 e. The number of nitrogens with zero attached hydrogens (tertiary/aromatic N) is 3. The van der Waals surface area contributed by atoms with Crippen LogP contribution in [0.25, 0.3) is 11.4 Å². The summed E-state index contributed by atoms with van der Waals surface area (Å²) in [6.45, 7) is 1.67. The average Bonchev–Trinajstić information content (AvgIpc) is 3.07. The molecule has 20 heavy (non-hydrogen) atoms. The Balaban J connectivity index is 1.90. The van der Waals surface area contributed by atoms with Crippen molar-refractivity contribution in [3.05, 3.63) is 23.2 Å². The van der Waals surface area contributed by atoms with E-state index in [1.807, 2.05) is 6.07 Å². The molecule has 1 atom stereocenters. The molecule has 1 aromatic carbocycles. The zero-order valence-electron chi connectivity index (χ0n) is 11.1. The first-order valence-electron chi connectivity index (χ1n) is 6.44. The van der Waals surface area contributed by atoms with Crippen molar-refractivity contribution < 1.29 is 4.74 Å². The Morgan fingerprint density at radius 2 is 2.35 bits per heavy atom. The molecule has 0 amide bonds. The van der Waals surface area contributed by atoms with Gasteiger partial charge >= 0.3 is 0 Å². The van der Waals surface area contributed by atoms with E-state index in [1.54, 1.807) is 19.2 Å². The Hall–Kier alpha value is -1.79. The van der Waals surface area contributed by atoms with E-state index < -0.39 is 0 Å². The summed E-state index contributed by atoms with van der Waals surface area (Å²) in [5.74, 6) is 2.00. The number of methoxy groups -OCH3 is 1. The van der Waals surface area contributed by atoms with Crippen molar-refractivity contribution in [2.24, 2.45) is 5.73 Å². The van der Waals surface area contributed by atoms with Crippen LogP contribution in [0.1, 0.15) is 6.42 Å². The standard InChI is InChI=1S/C13H16ClN5O/c1-20-11-6-8(14)2-3-10(11)12-16-13(18-17-12)19-5-4-9(15)7-19/h2-3,6,9H,4-5,7,15H2,1H3,(H,16,17,18). The largest absolute Gasteiger partial charge is 0.496 e. The number of aromatic amines is 1. The molecule has 6 nitrogen and oxygen atoms in total. The lowest BCUT2D eigenvalue weighted by atomic mass is 10.2. The van der Waals surface area contributed by atoms with Gasteiger partial charge in [0.25, 0.3) is 0 Å². The molecule has 7 heteroatoms. The predicted molar refractivity (Wildman–Crippen MR) is 78.2 cm³/mol. The summed E-state index contributed by atoms with van der Waals surface area (Å²) in [4.78, 5) is 6.59. The van der Waals surface area contributed by atoms with Crippen molar-refractivity contribution in [1.29, 1.82) is 0 Å². The summed E-state index contributed by atoms with van der Waals surface area (Å²) in [6, 6.07) is 5.61. The van der Waals surface area contributed by atoms with Gasteiger partial charge in [0, 0.05) is 24.2 Å². The molecule has 1 aromatic heterocycles. The van der Waals surface area contributed by atoms with Gasteiger partial charge in [-0.05, 0) is 24.6 Å². The quantitative estimate of drug-likeness (QED) is 0.900. The molecular weight excluding hydrogens is 278 g/mol. The molecule has 0 spiro atoms. The van der Waals surface area contributed by atoms with Crippen LogP contribution in [-0.4, -0.2) is 41.4 Å². The first kappa shape index (κ1) is 13.2. The van der Waals surface area contributed by atoms with Gasteiger partial charge in [-0.3, -0.25) is 5.10 Å². The third-order valence-electron chi connectivity index (χ3n) is 3.40. The number of nitrogens with one attached hydrogen (secondary N) is 1. The van der Waals surface area contributed by atoms with Crippen molar-refractivity contribution >= 4 is 17.5 Å². The van der Waals surface area contributed by atoms with E-state index in [-0.39, 0.29) is 6.04 Å². The van der Waals surface area contributed by atoms with Gasteiger partial charge in [-0.2, -0.15) is 4.98 Å². The highest BCUT2D eigenvalue weighted by Gasteiger charge is 2.23. The SMILES string of the molecule is COc1cc(Cl)ccc1-c1nc(N2CCC(N)C2)n[nH]1. The fraction of sp³-hybridized carbons (Fsp3) is 0.385. The minimum atomic E-state index is 0.196. The molecule has 1 saturated heterocycles. The third-order valence-corrected chi connectivity index (χ3v) is 3.63. The number of H-pyrrole nitrogens is 1. The van der Waals surface area contributed by atoms with Gasteiger partial charge in [0.2, 0.25) is 5.95 Å². The summed E-state index contributed by atoms with van der Waals surface area (Å²) >= 11 is 5.96. The van der Waals surface area contributed by atoms with Crippen molar-refractivity contribution in [3.8, 4) is 17.1 Å². The molecule has 0 radical (unpaired) electrons. The summed E-state index contributed by atoms with van der Waals surface area (Å²) in [6.07, 6.45) is 0.966. The number of aromatic nitrogens is 3. The predicted octanol–water partition coefficient (Wildman–Crippen LogP) is 1.67. The zero-order chi connectivity index (χ0) is 14.1. The minimum Gasteiger partial charge on any atom is -0.496 e. The fourth-order valence-electron chi connectivity index (χ4n) is 2.34. The van der Waals surface area contributed by atoms with E-state index in [9.17, 15) is 0 Å². The van der Waals surface area contributed by atoms with E-state index in [4.69, 9.17) is 22.1 Å². The number of benzene rings is 1. The maximum absolute atomic E-state index is 5.96. The van der Waals surface area contributed by atoms with Crippen LogP contribution in [0.15, 0.2) is 18.2 Å². The Morgan fingerprint density at radius 1 is 1.50 bits per heavy atom. The van der Waals surface area contributed by atoms with E-state index in [1.165, 1.54) is 0 Å². The number of hydrogen-bond donors (Lipinski definition) is 2. The van der Waals surface area contributed by atoms with Crippen LogP contribution < -0.4 is 15.4 Å². The third kappa shape index (κ3) is 2.44. The highest BCUT2D eigenvalue weighted by atomic mass is 35.5. The summed E-state index contributed by atoms with van der Waals surface area (Å²) in [5.41, 5.74) is 6.73. The van der Waals surface area contributed by atoms with Crippen LogP contribution in [0, 0.1) is 0 Å². The number of hydrogen-bond acceptors (Lipinski definition) is 5. The Labute approximate surface area is 121 Å². The number of nitrogens with two attached hydrogens (primary N) is 1. The smallest absolute Gasteiger partial charge is 0.245 e. The highest BCUT2D eigenvalue weighted by molar-refractivity contribution is 6.30. The van der Waals surface area contributed by atoms with Gasteiger partial charge in [0.15, 0.2) is 5.82 Å². The van der Waals surface area contributed by atoms with Gasteiger partial charge in [0.1, 0.15) is 5.75 Å². The lowest BCUT2D eigenvalue weighted by Crippen LogP contribution is -2.26. The van der Waals surface area contributed by atoms with Crippen molar-refractivity contribution in [1.82, 2.24) is 15.2 Å². The maximum atomic E-state index is 5.96. The molecule has 0 aliphatic carbocycles. The molecule has 1 aliphatic heterocycles. The Bertz CT molecular complexity index is 615. The Morgan fingerprint density at radius 3 is 3.05 bits per heavy atom. The average molecular weight is 294 g/mol. The molecule has 3 rings (SSSR count). The minimum absolute atomic E-state index is 0.196. The van der Waals surface area contributed by atoms with Crippen molar-refractivity contribution in [2.45, 2.75) is 12.5 Å². The zero-order valence-corrected chi connectivity index (χ0v) is 11.9. The number of ether oxygens (including phenoxy) is 1.